The lowest BCUT2D eigenvalue weighted by Gasteiger charge is -2.41. The Balaban J connectivity index is 0.964. The lowest BCUT2D eigenvalue weighted by Crippen LogP contribution is -2.37. The van der Waals surface area contributed by atoms with Crippen molar-refractivity contribution in [2.75, 3.05) is 6.61 Å². The molecule has 0 saturated carbocycles. The van der Waals surface area contributed by atoms with Crippen LogP contribution >= 0.6 is 7.37 Å². The second kappa shape index (κ2) is 11.7. The molecule has 3 atom stereocenters. The molecule has 7 rings (SSSR count). The largest absolute Gasteiger partial charge is 0.365 e. The number of H-pyrrole nitrogens is 2. The Labute approximate surface area is 271 Å². The molecular formula is C36H41N4O6P. The number of imidazole rings is 1. The van der Waals surface area contributed by atoms with Gasteiger partial charge in [0.05, 0.1) is 12.4 Å². The summed E-state index contributed by atoms with van der Waals surface area (Å²) in [4.78, 5) is 44.4. The molecule has 1 aliphatic rings. The van der Waals surface area contributed by atoms with E-state index in [-0.39, 0.29) is 11.6 Å². The number of hydrogen-bond donors (Lipinski definition) is 3. The van der Waals surface area contributed by atoms with Crippen molar-refractivity contribution >= 4 is 50.9 Å². The maximum Gasteiger partial charge on any atom is 0.327 e. The van der Waals surface area contributed by atoms with E-state index in [9.17, 15) is 19.0 Å². The van der Waals surface area contributed by atoms with E-state index in [1.54, 1.807) is 32.3 Å². The van der Waals surface area contributed by atoms with E-state index < -0.39 is 35.3 Å². The molecule has 0 spiro atoms. The molecule has 3 N–H and O–H groups in total. The maximum atomic E-state index is 14.1. The zero-order valence-corrected chi connectivity index (χ0v) is 28.1. The number of nitrogens with zero attached hydrogens (tertiary/aromatic N) is 2. The highest BCUT2D eigenvalue weighted by atomic mass is 31.2. The molecule has 10 nitrogen and oxygen atoms in total. The van der Waals surface area contributed by atoms with E-state index in [1.807, 2.05) is 0 Å². The number of rotatable bonds is 11. The summed E-state index contributed by atoms with van der Waals surface area (Å²) in [6.45, 7) is 7.40. The van der Waals surface area contributed by atoms with Gasteiger partial charge in [0.1, 0.15) is 17.2 Å². The second-order valence-electron chi connectivity index (χ2n) is 14.0. The molecule has 1 aliphatic heterocycles. The summed E-state index contributed by atoms with van der Waals surface area (Å²) in [6, 6.07) is 19.7. The first-order valence-electron chi connectivity index (χ1n) is 16.3. The molecule has 6 aromatic rings. The molecule has 1 fully saturated rings. The van der Waals surface area contributed by atoms with Crippen LogP contribution in [0.4, 0.5) is 0 Å². The number of aromatic amines is 2. The average molecular weight is 657 g/mol. The third-order valence-corrected chi connectivity index (χ3v) is 13.5. The van der Waals surface area contributed by atoms with Crippen LogP contribution in [0.15, 0.2) is 70.5 Å². The van der Waals surface area contributed by atoms with Crippen LogP contribution in [0, 0.1) is 0 Å². The first-order chi connectivity index (χ1) is 22.4. The molecule has 246 valence electrons. The van der Waals surface area contributed by atoms with Crippen LogP contribution in [0.3, 0.4) is 0 Å². The number of unbranched alkanes of at least 4 members (excludes halogenated alkanes) is 1. The van der Waals surface area contributed by atoms with Crippen LogP contribution in [-0.2, 0) is 20.5 Å². The Morgan fingerprint density at radius 2 is 1.66 bits per heavy atom. The summed E-state index contributed by atoms with van der Waals surface area (Å²) in [5, 5.41) is 5.45. The van der Waals surface area contributed by atoms with Crippen LogP contribution < -0.4 is 11.2 Å². The molecule has 4 aromatic carbocycles. The Kier molecular flexibility index (Phi) is 7.91. The second-order valence-corrected chi connectivity index (χ2v) is 17.4. The quantitative estimate of drug-likeness (QED) is 0.0761. The van der Waals surface area contributed by atoms with Crippen LogP contribution in [0.25, 0.3) is 43.5 Å². The van der Waals surface area contributed by atoms with Gasteiger partial charge < -0.3 is 14.4 Å². The Bertz CT molecular complexity index is 2250. The summed E-state index contributed by atoms with van der Waals surface area (Å²) >= 11 is 0. The van der Waals surface area contributed by atoms with E-state index in [0.717, 1.165) is 19.3 Å². The fourth-order valence-electron chi connectivity index (χ4n) is 7.46. The number of nitrogens with one attached hydrogen (secondary N) is 2. The van der Waals surface area contributed by atoms with Gasteiger partial charge in [0, 0.05) is 11.8 Å². The number of hydrogen-bond acceptors (Lipinski definition) is 6. The average Bonchev–Trinajstić information content (AvgIpc) is 3.66. The molecule has 2 aromatic heterocycles. The van der Waals surface area contributed by atoms with Crippen molar-refractivity contribution in [3.05, 3.63) is 87.3 Å². The first-order valence-corrected chi connectivity index (χ1v) is 18.0. The van der Waals surface area contributed by atoms with E-state index >= 15 is 0 Å². The fraction of sp³-hybridized carbons (Fsp3) is 0.417. The minimum atomic E-state index is -3.87. The highest BCUT2D eigenvalue weighted by Crippen LogP contribution is 2.66. The molecule has 1 saturated heterocycles. The van der Waals surface area contributed by atoms with Crippen LogP contribution in [0.5, 0.6) is 0 Å². The van der Waals surface area contributed by atoms with Gasteiger partial charge in [0.15, 0.2) is 5.52 Å². The van der Waals surface area contributed by atoms with Crippen molar-refractivity contribution in [2.24, 2.45) is 0 Å². The zero-order chi connectivity index (χ0) is 33.1. The fourth-order valence-corrected chi connectivity index (χ4v) is 9.64. The van der Waals surface area contributed by atoms with Crippen molar-refractivity contribution in [1.82, 2.24) is 19.5 Å². The number of aryl methyl sites for hydroxylation is 1. The minimum absolute atomic E-state index is 0.131. The van der Waals surface area contributed by atoms with Crippen molar-refractivity contribution < 1.29 is 18.9 Å². The third-order valence-electron chi connectivity index (χ3n) is 10.1. The normalized spacial score (nSPS) is 19.0. The topological polar surface area (TPSA) is 139 Å². The number of fused-ring (bicyclic) bond motifs is 1. The predicted octanol–water partition coefficient (Wildman–Crippen LogP) is 7.20. The monoisotopic (exact) mass is 656 g/mol. The molecule has 0 bridgehead atoms. The molecule has 1 unspecified atom stereocenters. The number of aromatic nitrogens is 4. The molecule has 3 heterocycles. The third kappa shape index (κ3) is 5.51. The highest BCUT2D eigenvalue weighted by molar-refractivity contribution is 7.61. The lowest BCUT2D eigenvalue weighted by atomic mass is 9.91. The van der Waals surface area contributed by atoms with Gasteiger partial charge in [-0.2, -0.15) is 0 Å². The van der Waals surface area contributed by atoms with Crippen molar-refractivity contribution in [1.29, 1.82) is 0 Å². The lowest BCUT2D eigenvalue weighted by molar-refractivity contribution is -0.00593. The molecule has 0 radical (unpaired) electrons. The smallest absolute Gasteiger partial charge is 0.327 e. The van der Waals surface area contributed by atoms with Gasteiger partial charge in [-0.05, 0) is 90.3 Å². The Morgan fingerprint density at radius 3 is 2.43 bits per heavy atom. The van der Waals surface area contributed by atoms with Crippen LogP contribution in [-0.4, -0.2) is 47.6 Å². The maximum absolute atomic E-state index is 14.1. The molecular weight excluding hydrogens is 615 g/mol. The minimum Gasteiger partial charge on any atom is -0.365 e. The van der Waals surface area contributed by atoms with E-state index in [2.05, 4.69) is 69.5 Å². The van der Waals surface area contributed by atoms with Crippen molar-refractivity contribution in [2.45, 2.75) is 89.0 Å². The van der Waals surface area contributed by atoms with Crippen molar-refractivity contribution in [3.8, 4) is 0 Å². The van der Waals surface area contributed by atoms with Gasteiger partial charge in [0.25, 0.3) is 5.56 Å². The molecule has 11 heteroatoms. The number of benzene rings is 4. The molecule has 0 aliphatic carbocycles. The van der Waals surface area contributed by atoms with Gasteiger partial charge in [-0.1, -0.05) is 68.4 Å². The SMILES string of the molecule is CC(C)(C[C@@H]1CC[C@H](n2cnc3c(=O)[nH]c(=O)[nH]c32)O1)P(=O)(O)C(C)(C)OCCCCc1ccc2ccc3cccc4ccc1c2c34. The Hall–Kier alpha value is -3.82. The summed E-state index contributed by atoms with van der Waals surface area (Å²) in [5.41, 5.74) is 0.558. The van der Waals surface area contributed by atoms with Gasteiger partial charge in [-0.15, -0.1) is 0 Å². The molecule has 47 heavy (non-hydrogen) atoms. The van der Waals surface area contributed by atoms with E-state index in [4.69, 9.17) is 9.47 Å². The van der Waals surface area contributed by atoms with Gasteiger partial charge in [-0.25, -0.2) is 9.78 Å². The Morgan fingerprint density at radius 1 is 0.957 bits per heavy atom. The van der Waals surface area contributed by atoms with E-state index in [1.165, 1.54) is 44.2 Å². The van der Waals surface area contributed by atoms with Gasteiger partial charge in [-0.3, -0.25) is 23.9 Å². The van der Waals surface area contributed by atoms with E-state index in [0.29, 0.717) is 31.5 Å². The highest BCUT2D eigenvalue weighted by Gasteiger charge is 2.52. The number of ether oxygens (including phenoxy) is 2. The van der Waals surface area contributed by atoms with Crippen LogP contribution in [0.1, 0.15) is 71.6 Å². The van der Waals surface area contributed by atoms with Gasteiger partial charge in [0.2, 0.25) is 7.37 Å². The summed E-state index contributed by atoms with van der Waals surface area (Å²) in [6.07, 6.45) is 4.92. The zero-order valence-electron chi connectivity index (χ0n) is 27.2. The van der Waals surface area contributed by atoms with Crippen LogP contribution in [0.2, 0.25) is 0 Å². The van der Waals surface area contributed by atoms with Crippen molar-refractivity contribution in [3.63, 3.8) is 0 Å². The van der Waals surface area contributed by atoms with Gasteiger partial charge >= 0.3 is 5.69 Å². The predicted molar refractivity (Wildman–Crippen MR) is 186 cm³/mol. The summed E-state index contributed by atoms with van der Waals surface area (Å²) in [5.74, 6) is 0. The summed E-state index contributed by atoms with van der Waals surface area (Å²) in [7, 11) is -3.87. The standard InChI is InChI=1S/C36H41N4O6P/c1-35(2,20-26-16-18-28(46-26)40-21-37-31-32(40)38-34(42)39-33(31)41)47(43,44)36(3,4)45-19-6-5-8-22-11-12-25-14-13-23-9-7-10-24-15-17-27(22)30(25)29(23)24/h7,9-15,17,21,26,28H,5-6,8,16,18-20H2,1-4H3,(H,43,44)(H2,38,39,41,42)/t26-,28+/m0/s1. The first kappa shape index (κ1) is 31.8. The molecule has 0 amide bonds. The summed E-state index contributed by atoms with van der Waals surface area (Å²) < 4.78 is 28.2.